The van der Waals surface area contributed by atoms with Crippen LogP contribution in [0.2, 0.25) is 0 Å². The molecule has 0 bridgehead atoms. The van der Waals surface area contributed by atoms with Crippen molar-refractivity contribution in [2.45, 2.75) is 43.4 Å². The van der Waals surface area contributed by atoms with Crippen LogP contribution in [0.25, 0.3) is 0 Å². The first-order chi connectivity index (χ1) is 8.32. The molecule has 98 valence electrons. The quantitative estimate of drug-likeness (QED) is 0.850. The highest BCUT2D eigenvalue weighted by atomic mass is 32.2. The fourth-order valence-corrected chi connectivity index (χ4v) is 3.19. The first-order valence-electron chi connectivity index (χ1n) is 5.93. The summed E-state index contributed by atoms with van der Waals surface area (Å²) < 4.78 is 12.4. The zero-order chi connectivity index (χ0) is 13.9. The average molecular weight is 265 g/mol. The third-order valence-corrected chi connectivity index (χ3v) is 4.99. The lowest BCUT2D eigenvalue weighted by atomic mass is 9.89. The molecule has 1 aromatic carbocycles. The number of aliphatic hydroxyl groups is 1. The summed E-state index contributed by atoms with van der Waals surface area (Å²) in [5.74, 6) is -0.271. The van der Waals surface area contributed by atoms with Gasteiger partial charge in [-0.1, -0.05) is 31.5 Å². The van der Waals surface area contributed by atoms with Crippen molar-refractivity contribution in [3.63, 3.8) is 0 Å². The first-order valence-corrected chi connectivity index (χ1v) is 7.15. The van der Waals surface area contributed by atoms with Crippen molar-refractivity contribution in [1.29, 1.82) is 5.26 Å². The Kier molecular flexibility index (Phi) is 4.66. The molecule has 1 rings (SSSR count). The van der Waals surface area contributed by atoms with Crippen LogP contribution in [0.1, 0.15) is 26.3 Å². The Morgan fingerprint density at radius 3 is 2.17 bits per heavy atom. The molecule has 0 saturated heterocycles. The van der Waals surface area contributed by atoms with Gasteiger partial charge in [0.15, 0.2) is 5.60 Å². The number of rotatable bonds is 4. The van der Waals surface area contributed by atoms with Crippen LogP contribution in [-0.2, 0) is 10.8 Å². The highest BCUT2D eigenvalue weighted by Crippen LogP contribution is 2.27. The number of nitriles is 1. The van der Waals surface area contributed by atoms with Gasteiger partial charge in [0.1, 0.15) is 0 Å². The van der Waals surface area contributed by atoms with Crippen molar-refractivity contribution in [3.05, 3.63) is 29.8 Å². The van der Waals surface area contributed by atoms with Crippen LogP contribution in [0.4, 0.5) is 0 Å². The second-order valence-corrected chi connectivity index (χ2v) is 6.62. The standard InChI is InChI=1S/C14H19NO2S/c1-10(2)14(16,9-15)12(4)18(17)13-7-5-11(3)6-8-13/h5-8,10,12,16H,1-4H3. The van der Waals surface area contributed by atoms with Gasteiger partial charge in [-0.3, -0.25) is 4.21 Å². The van der Waals surface area contributed by atoms with E-state index in [1.807, 2.05) is 25.1 Å². The minimum absolute atomic E-state index is 0.271. The number of hydrogen-bond donors (Lipinski definition) is 1. The molecule has 3 unspecified atom stereocenters. The Balaban J connectivity index is 3.04. The molecule has 0 radical (unpaired) electrons. The summed E-state index contributed by atoms with van der Waals surface area (Å²) in [5, 5.41) is 18.8. The number of hydrogen-bond acceptors (Lipinski definition) is 3. The molecule has 18 heavy (non-hydrogen) atoms. The van der Waals surface area contributed by atoms with E-state index in [-0.39, 0.29) is 5.92 Å². The first kappa shape index (κ1) is 14.9. The maximum absolute atomic E-state index is 12.4. The van der Waals surface area contributed by atoms with Crippen LogP contribution in [0.15, 0.2) is 29.2 Å². The molecule has 0 spiro atoms. The predicted octanol–water partition coefficient (Wildman–Crippen LogP) is 2.40. The van der Waals surface area contributed by atoms with E-state index in [1.165, 1.54) is 0 Å². The summed E-state index contributed by atoms with van der Waals surface area (Å²) in [6.45, 7) is 7.12. The minimum Gasteiger partial charge on any atom is -0.374 e. The van der Waals surface area contributed by atoms with Gasteiger partial charge in [-0.25, -0.2) is 0 Å². The lowest BCUT2D eigenvalue weighted by Gasteiger charge is -2.30. The van der Waals surface area contributed by atoms with E-state index in [0.717, 1.165) is 5.56 Å². The Hall–Kier alpha value is -1.18. The molecule has 1 N–H and O–H groups in total. The molecule has 0 amide bonds. The van der Waals surface area contributed by atoms with Crippen LogP contribution in [-0.4, -0.2) is 20.2 Å². The summed E-state index contributed by atoms with van der Waals surface area (Å²) in [6.07, 6.45) is 0. The smallest absolute Gasteiger partial charge is 0.167 e. The van der Waals surface area contributed by atoms with Gasteiger partial charge in [0, 0.05) is 4.90 Å². The second kappa shape index (κ2) is 5.64. The molecule has 0 aromatic heterocycles. The van der Waals surface area contributed by atoms with E-state index >= 15 is 0 Å². The molecule has 3 nitrogen and oxygen atoms in total. The van der Waals surface area contributed by atoms with Gasteiger partial charge in [-0.05, 0) is 31.9 Å². The zero-order valence-corrected chi connectivity index (χ0v) is 12.0. The van der Waals surface area contributed by atoms with E-state index in [0.29, 0.717) is 4.90 Å². The molecule has 0 aliphatic heterocycles. The summed E-state index contributed by atoms with van der Waals surface area (Å²) in [4.78, 5) is 0.641. The van der Waals surface area contributed by atoms with Gasteiger partial charge in [0.2, 0.25) is 0 Å². The second-order valence-electron chi connectivity index (χ2n) is 4.84. The van der Waals surface area contributed by atoms with Gasteiger partial charge in [0.25, 0.3) is 0 Å². The van der Waals surface area contributed by atoms with Gasteiger partial charge >= 0.3 is 0 Å². The van der Waals surface area contributed by atoms with Crippen LogP contribution >= 0.6 is 0 Å². The highest BCUT2D eigenvalue weighted by Gasteiger charge is 2.41. The minimum atomic E-state index is -1.57. The highest BCUT2D eigenvalue weighted by molar-refractivity contribution is 7.85. The molecule has 0 aliphatic rings. The Morgan fingerprint density at radius 2 is 1.78 bits per heavy atom. The molecular formula is C14H19NO2S. The van der Waals surface area contributed by atoms with E-state index in [2.05, 4.69) is 0 Å². The van der Waals surface area contributed by atoms with E-state index < -0.39 is 21.7 Å². The number of benzene rings is 1. The van der Waals surface area contributed by atoms with E-state index in [4.69, 9.17) is 5.26 Å². The average Bonchev–Trinajstić information content (AvgIpc) is 2.36. The Bertz CT molecular complexity index is 476. The fourth-order valence-electron chi connectivity index (χ4n) is 1.73. The molecule has 0 aliphatic carbocycles. The Morgan fingerprint density at radius 1 is 1.28 bits per heavy atom. The van der Waals surface area contributed by atoms with E-state index in [1.54, 1.807) is 32.9 Å². The monoisotopic (exact) mass is 265 g/mol. The zero-order valence-electron chi connectivity index (χ0n) is 11.2. The molecule has 0 saturated carbocycles. The molecule has 0 fully saturated rings. The van der Waals surface area contributed by atoms with Crippen molar-refractivity contribution >= 4 is 10.8 Å². The molecule has 3 atom stereocenters. The van der Waals surface area contributed by atoms with Gasteiger partial charge in [0.05, 0.1) is 22.1 Å². The van der Waals surface area contributed by atoms with Gasteiger partial charge in [-0.2, -0.15) is 5.26 Å². The van der Waals surface area contributed by atoms with Crippen LogP contribution < -0.4 is 0 Å². The largest absolute Gasteiger partial charge is 0.374 e. The van der Waals surface area contributed by atoms with E-state index in [9.17, 15) is 9.32 Å². The number of nitrogens with zero attached hydrogens (tertiary/aromatic N) is 1. The molecule has 1 aromatic rings. The summed E-state index contributed by atoms with van der Waals surface area (Å²) in [7, 11) is -1.40. The van der Waals surface area contributed by atoms with Crippen molar-refractivity contribution < 1.29 is 9.32 Å². The SMILES string of the molecule is Cc1ccc(S(=O)C(C)C(O)(C#N)C(C)C)cc1. The van der Waals surface area contributed by atoms with Gasteiger partial charge in [-0.15, -0.1) is 0 Å². The molecule has 0 heterocycles. The van der Waals surface area contributed by atoms with Crippen molar-refractivity contribution in [2.75, 3.05) is 0 Å². The van der Waals surface area contributed by atoms with Gasteiger partial charge < -0.3 is 5.11 Å². The third-order valence-electron chi connectivity index (χ3n) is 3.25. The normalized spacial score (nSPS) is 17.8. The summed E-state index contributed by atoms with van der Waals surface area (Å²) in [5.41, 5.74) is -0.488. The summed E-state index contributed by atoms with van der Waals surface area (Å²) >= 11 is 0. The number of aryl methyl sites for hydroxylation is 1. The van der Waals surface area contributed by atoms with Crippen LogP contribution in [0.3, 0.4) is 0 Å². The topological polar surface area (TPSA) is 61.1 Å². The lowest BCUT2D eigenvalue weighted by molar-refractivity contribution is 0.0517. The maximum Gasteiger partial charge on any atom is 0.167 e. The lowest BCUT2D eigenvalue weighted by Crippen LogP contribution is -2.46. The Labute approximate surface area is 111 Å². The van der Waals surface area contributed by atoms with Crippen molar-refractivity contribution in [1.82, 2.24) is 0 Å². The maximum atomic E-state index is 12.4. The van der Waals surface area contributed by atoms with Crippen LogP contribution in [0, 0.1) is 24.2 Å². The third kappa shape index (κ3) is 2.80. The fraction of sp³-hybridized carbons (Fsp3) is 0.500. The van der Waals surface area contributed by atoms with Crippen LogP contribution in [0.5, 0.6) is 0 Å². The molecule has 4 heteroatoms. The van der Waals surface area contributed by atoms with Crippen molar-refractivity contribution in [3.8, 4) is 6.07 Å². The van der Waals surface area contributed by atoms with Crippen molar-refractivity contribution in [2.24, 2.45) is 5.92 Å². The predicted molar refractivity (Wildman–Crippen MR) is 72.5 cm³/mol. The molecular weight excluding hydrogens is 246 g/mol. The summed E-state index contributed by atoms with van der Waals surface area (Å²) in [6, 6.07) is 9.21.